The molecule has 10 heteroatoms. The zero-order valence-corrected chi connectivity index (χ0v) is 17.8. The van der Waals surface area contributed by atoms with Crippen molar-refractivity contribution < 1.29 is 18.4 Å². The predicted molar refractivity (Wildman–Crippen MR) is 118 cm³/mol. The number of benzene rings is 2. The molecule has 2 aromatic carbocycles. The van der Waals surface area contributed by atoms with E-state index in [9.17, 15) is 18.4 Å². The van der Waals surface area contributed by atoms with E-state index < -0.39 is 12.3 Å². The van der Waals surface area contributed by atoms with E-state index in [1.807, 2.05) is 0 Å². The summed E-state index contributed by atoms with van der Waals surface area (Å²) in [7, 11) is 0. The zero-order valence-electron chi connectivity index (χ0n) is 16.1. The minimum Gasteiger partial charge on any atom is -0.326 e. The summed E-state index contributed by atoms with van der Waals surface area (Å²) >= 11 is 2.60. The molecule has 1 unspecified atom stereocenters. The molecule has 0 spiro atoms. The molecule has 0 aliphatic carbocycles. The van der Waals surface area contributed by atoms with E-state index in [0.717, 1.165) is 4.70 Å². The van der Waals surface area contributed by atoms with Crippen LogP contribution in [-0.4, -0.2) is 21.8 Å². The molecule has 0 bridgehead atoms. The van der Waals surface area contributed by atoms with Crippen LogP contribution in [0.1, 0.15) is 40.9 Å². The number of rotatable bonds is 6. The Labute approximate surface area is 184 Å². The van der Waals surface area contributed by atoms with Gasteiger partial charge in [0.15, 0.2) is 5.13 Å². The Morgan fingerprint density at radius 2 is 1.87 bits per heavy atom. The van der Waals surface area contributed by atoms with Gasteiger partial charge in [-0.05, 0) is 36.8 Å². The predicted octanol–water partition coefficient (Wildman–Crippen LogP) is 5.68. The molecule has 158 valence electrons. The standard InChI is InChI=1S/C21H16F2N4O2S2/c1-11(12-3-2-4-13(7-12)18(22)23)19(28)25-14-5-6-15-17(8-14)31-21(26-15)27-20(29)16-9-30-10-24-16/h2-11,18H,1H3,(H,25,28)(H,26,27,29). The fourth-order valence-corrected chi connectivity index (χ4v) is 4.34. The molecule has 0 aliphatic heterocycles. The van der Waals surface area contributed by atoms with Gasteiger partial charge >= 0.3 is 0 Å². The van der Waals surface area contributed by atoms with Gasteiger partial charge in [0.1, 0.15) is 5.69 Å². The topological polar surface area (TPSA) is 84.0 Å². The van der Waals surface area contributed by atoms with Crippen LogP contribution < -0.4 is 10.6 Å². The summed E-state index contributed by atoms with van der Waals surface area (Å²) < 4.78 is 26.6. The molecule has 0 aliphatic rings. The summed E-state index contributed by atoms with van der Waals surface area (Å²) in [6.45, 7) is 1.66. The van der Waals surface area contributed by atoms with Crippen molar-refractivity contribution in [3.8, 4) is 0 Å². The lowest BCUT2D eigenvalue weighted by atomic mass is 9.98. The molecular weight excluding hydrogens is 442 g/mol. The lowest BCUT2D eigenvalue weighted by Gasteiger charge is -2.13. The third-order valence-corrected chi connectivity index (χ3v) is 6.12. The van der Waals surface area contributed by atoms with Crippen LogP contribution in [0.5, 0.6) is 0 Å². The molecule has 0 saturated carbocycles. The maximum atomic E-state index is 12.9. The number of alkyl halides is 2. The van der Waals surface area contributed by atoms with Crippen molar-refractivity contribution in [1.29, 1.82) is 0 Å². The van der Waals surface area contributed by atoms with E-state index in [4.69, 9.17) is 0 Å². The maximum Gasteiger partial charge on any atom is 0.276 e. The van der Waals surface area contributed by atoms with Gasteiger partial charge in [0.25, 0.3) is 12.3 Å². The number of hydrogen-bond acceptors (Lipinski definition) is 6. The van der Waals surface area contributed by atoms with E-state index in [1.54, 1.807) is 42.1 Å². The summed E-state index contributed by atoms with van der Waals surface area (Å²) in [5.41, 5.74) is 3.52. The molecule has 0 radical (unpaired) electrons. The number of fused-ring (bicyclic) bond motifs is 1. The van der Waals surface area contributed by atoms with E-state index in [0.29, 0.717) is 27.6 Å². The van der Waals surface area contributed by atoms with E-state index >= 15 is 0 Å². The summed E-state index contributed by atoms with van der Waals surface area (Å²) in [6.07, 6.45) is -2.59. The van der Waals surface area contributed by atoms with Crippen LogP contribution in [0.25, 0.3) is 10.2 Å². The maximum absolute atomic E-state index is 12.9. The summed E-state index contributed by atoms with van der Waals surface area (Å²) in [6, 6.07) is 11.0. The molecule has 2 aromatic heterocycles. The number of amides is 2. The molecule has 4 aromatic rings. The van der Waals surface area contributed by atoms with Crippen molar-refractivity contribution in [2.24, 2.45) is 0 Å². The van der Waals surface area contributed by atoms with Crippen LogP contribution in [-0.2, 0) is 4.79 Å². The van der Waals surface area contributed by atoms with Gasteiger partial charge < -0.3 is 5.32 Å². The number of aromatic nitrogens is 2. The summed E-state index contributed by atoms with van der Waals surface area (Å²) in [4.78, 5) is 33.1. The molecule has 2 N–H and O–H groups in total. The van der Waals surface area contributed by atoms with Gasteiger partial charge in [-0.25, -0.2) is 18.7 Å². The van der Waals surface area contributed by atoms with E-state index in [1.165, 1.54) is 40.9 Å². The van der Waals surface area contributed by atoms with Gasteiger partial charge in [0.05, 0.1) is 21.6 Å². The van der Waals surface area contributed by atoms with Crippen LogP contribution in [0, 0.1) is 0 Å². The molecule has 2 heterocycles. The average Bonchev–Trinajstić information content (AvgIpc) is 3.42. The highest BCUT2D eigenvalue weighted by molar-refractivity contribution is 7.22. The number of carbonyl (C=O) groups excluding carboxylic acids is 2. The third-order valence-electron chi connectivity index (χ3n) is 4.60. The average molecular weight is 459 g/mol. The van der Waals surface area contributed by atoms with Crippen molar-refractivity contribution >= 4 is 55.5 Å². The Morgan fingerprint density at radius 3 is 2.61 bits per heavy atom. The van der Waals surface area contributed by atoms with Crippen LogP contribution in [0.4, 0.5) is 19.6 Å². The van der Waals surface area contributed by atoms with Crippen molar-refractivity contribution in [3.05, 3.63) is 70.2 Å². The van der Waals surface area contributed by atoms with E-state index in [-0.39, 0.29) is 17.4 Å². The summed E-state index contributed by atoms with van der Waals surface area (Å²) in [5, 5.41) is 7.59. The number of halogens is 2. The molecule has 0 saturated heterocycles. The Bertz CT molecular complexity index is 1240. The number of thiazole rings is 2. The van der Waals surface area contributed by atoms with Crippen LogP contribution in [0.2, 0.25) is 0 Å². The first-order chi connectivity index (χ1) is 14.9. The van der Waals surface area contributed by atoms with Crippen LogP contribution in [0.15, 0.2) is 53.4 Å². The molecule has 6 nitrogen and oxygen atoms in total. The molecular formula is C21H16F2N4O2S2. The zero-order chi connectivity index (χ0) is 22.0. The third kappa shape index (κ3) is 4.75. The molecule has 4 rings (SSSR count). The number of nitrogens with one attached hydrogen (secondary N) is 2. The Hall–Kier alpha value is -3.24. The van der Waals surface area contributed by atoms with Crippen LogP contribution >= 0.6 is 22.7 Å². The van der Waals surface area contributed by atoms with Gasteiger partial charge in [0.2, 0.25) is 5.91 Å². The van der Waals surface area contributed by atoms with Crippen molar-refractivity contribution in [2.75, 3.05) is 10.6 Å². The van der Waals surface area contributed by atoms with E-state index in [2.05, 4.69) is 20.6 Å². The van der Waals surface area contributed by atoms with Gasteiger partial charge in [0, 0.05) is 16.6 Å². The second-order valence-corrected chi connectivity index (χ2v) is 8.46. The Morgan fingerprint density at radius 1 is 1.06 bits per heavy atom. The highest BCUT2D eigenvalue weighted by atomic mass is 32.1. The minimum atomic E-state index is -2.59. The fourth-order valence-electron chi connectivity index (χ4n) is 2.91. The van der Waals surface area contributed by atoms with Gasteiger partial charge in [-0.15, -0.1) is 11.3 Å². The monoisotopic (exact) mass is 458 g/mol. The molecule has 2 amide bonds. The lowest BCUT2D eigenvalue weighted by molar-refractivity contribution is -0.117. The Kier molecular flexibility index (Phi) is 6.01. The first-order valence-corrected chi connectivity index (χ1v) is 11.0. The van der Waals surface area contributed by atoms with Gasteiger partial charge in [-0.3, -0.25) is 14.9 Å². The number of nitrogens with zero attached hydrogens (tertiary/aromatic N) is 2. The highest BCUT2D eigenvalue weighted by Crippen LogP contribution is 2.30. The van der Waals surface area contributed by atoms with Crippen molar-refractivity contribution in [1.82, 2.24) is 9.97 Å². The second-order valence-electron chi connectivity index (χ2n) is 6.71. The smallest absolute Gasteiger partial charge is 0.276 e. The SMILES string of the molecule is CC(C(=O)Nc1ccc2nc(NC(=O)c3cscn3)sc2c1)c1cccc(C(F)F)c1. The molecule has 31 heavy (non-hydrogen) atoms. The lowest BCUT2D eigenvalue weighted by Crippen LogP contribution is -2.18. The van der Waals surface area contributed by atoms with Crippen molar-refractivity contribution in [3.63, 3.8) is 0 Å². The number of anilines is 2. The number of carbonyl (C=O) groups is 2. The minimum absolute atomic E-state index is 0.115. The highest BCUT2D eigenvalue weighted by Gasteiger charge is 2.18. The number of hydrogen-bond donors (Lipinski definition) is 2. The summed E-state index contributed by atoms with van der Waals surface area (Å²) in [5.74, 6) is -1.26. The fraction of sp³-hybridized carbons (Fsp3) is 0.143. The van der Waals surface area contributed by atoms with Crippen LogP contribution in [0.3, 0.4) is 0 Å². The van der Waals surface area contributed by atoms with Crippen molar-refractivity contribution in [2.45, 2.75) is 19.3 Å². The second kappa shape index (κ2) is 8.86. The Balaban J connectivity index is 1.47. The largest absolute Gasteiger partial charge is 0.326 e. The molecule has 0 fully saturated rings. The molecule has 1 atom stereocenters. The first kappa shape index (κ1) is 21.0. The quantitative estimate of drug-likeness (QED) is 0.389. The van der Waals surface area contributed by atoms with Gasteiger partial charge in [-0.1, -0.05) is 29.5 Å². The first-order valence-electron chi connectivity index (χ1n) is 9.19. The normalized spacial score (nSPS) is 12.1. The van der Waals surface area contributed by atoms with Gasteiger partial charge in [-0.2, -0.15) is 0 Å².